The Kier molecular flexibility index (Phi) is 6.02. The van der Waals surface area contributed by atoms with Crippen LogP contribution in [0.4, 0.5) is 0 Å². The zero-order valence-corrected chi connectivity index (χ0v) is 11.4. The first kappa shape index (κ1) is 15.2. The van der Waals surface area contributed by atoms with Gasteiger partial charge in [-0.15, -0.1) is 6.58 Å². The van der Waals surface area contributed by atoms with Gasteiger partial charge in [0.25, 0.3) is 0 Å². The summed E-state index contributed by atoms with van der Waals surface area (Å²) in [7, 11) is 0. The number of hydrogen-bond donors (Lipinski definition) is 1. The standard InChI is InChI=1S/C14H20N2O3/c1-4-11(10-17)7-8-16-13(5-2)12(9-15-16)14(18)19-6-3/h4,7-9,11,17H,1,5-6,10H2,2-3H3/b8-7-. The van der Waals surface area contributed by atoms with Crippen molar-refractivity contribution in [1.82, 2.24) is 9.78 Å². The molecule has 1 aromatic rings. The molecule has 0 aromatic carbocycles. The molecule has 1 atom stereocenters. The summed E-state index contributed by atoms with van der Waals surface area (Å²) in [5.41, 5.74) is 1.27. The fourth-order valence-corrected chi connectivity index (χ4v) is 1.65. The number of nitrogens with zero attached hydrogens (tertiary/aromatic N) is 2. The van der Waals surface area contributed by atoms with Gasteiger partial charge in [-0.1, -0.05) is 19.1 Å². The second-order valence-corrected chi connectivity index (χ2v) is 3.95. The van der Waals surface area contributed by atoms with E-state index in [1.807, 2.05) is 6.92 Å². The molecule has 0 aliphatic carbocycles. The molecule has 0 fully saturated rings. The van der Waals surface area contributed by atoms with Crippen molar-refractivity contribution < 1.29 is 14.6 Å². The number of aromatic nitrogens is 2. The van der Waals surface area contributed by atoms with Gasteiger partial charge in [0.05, 0.1) is 25.1 Å². The lowest BCUT2D eigenvalue weighted by atomic mass is 10.1. The van der Waals surface area contributed by atoms with Crippen LogP contribution in [-0.2, 0) is 11.2 Å². The van der Waals surface area contributed by atoms with E-state index in [2.05, 4.69) is 11.7 Å². The van der Waals surface area contributed by atoms with Crippen molar-refractivity contribution in [2.24, 2.45) is 5.92 Å². The third-order valence-electron chi connectivity index (χ3n) is 2.72. The lowest BCUT2D eigenvalue weighted by Crippen LogP contribution is -2.08. The second-order valence-electron chi connectivity index (χ2n) is 3.95. The van der Waals surface area contributed by atoms with Crippen LogP contribution in [0, 0.1) is 5.92 Å². The topological polar surface area (TPSA) is 64.4 Å². The van der Waals surface area contributed by atoms with Gasteiger partial charge in [-0.3, -0.25) is 0 Å². The molecule has 1 heterocycles. The number of aliphatic hydroxyl groups is 1. The summed E-state index contributed by atoms with van der Waals surface area (Å²) < 4.78 is 6.60. The van der Waals surface area contributed by atoms with Gasteiger partial charge in [-0.05, 0) is 13.3 Å². The molecule has 5 nitrogen and oxygen atoms in total. The van der Waals surface area contributed by atoms with Gasteiger partial charge in [-0.25, -0.2) is 9.48 Å². The average molecular weight is 264 g/mol. The molecule has 19 heavy (non-hydrogen) atoms. The van der Waals surface area contributed by atoms with Crippen molar-refractivity contribution in [3.8, 4) is 0 Å². The first-order chi connectivity index (χ1) is 9.17. The average Bonchev–Trinajstić information content (AvgIpc) is 2.83. The van der Waals surface area contributed by atoms with E-state index < -0.39 is 0 Å². The SMILES string of the molecule is C=CC(/C=C\n1ncc(C(=O)OCC)c1CC)CO. The van der Waals surface area contributed by atoms with Crippen LogP contribution >= 0.6 is 0 Å². The smallest absolute Gasteiger partial charge is 0.341 e. The highest BCUT2D eigenvalue weighted by molar-refractivity contribution is 5.90. The summed E-state index contributed by atoms with van der Waals surface area (Å²) in [6.07, 6.45) is 7.33. The number of carbonyl (C=O) groups excluding carboxylic acids is 1. The second kappa shape index (κ2) is 7.53. The van der Waals surface area contributed by atoms with Crippen LogP contribution in [-0.4, -0.2) is 34.1 Å². The highest BCUT2D eigenvalue weighted by Crippen LogP contribution is 2.12. The Hall–Kier alpha value is -1.88. The van der Waals surface area contributed by atoms with E-state index in [4.69, 9.17) is 9.84 Å². The molecule has 0 radical (unpaired) electrons. The number of ether oxygens (including phenoxy) is 1. The summed E-state index contributed by atoms with van der Waals surface area (Å²) in [6, 6.07) is 0. The van der Waals surface area contributed by atoms with Crippen molar-refractivity contribution >= 4 is 12.2 Å². The highest BCUT2D eigenvalue weighted by atomic mass is 16.5. The first-order valence-electron chi connectivity index (χ1n) is 6.33. The third kappa shape index (κ3) is 3.79. The molecule has 1 N–H and O–H groups in total. The van der Waals surface area contributed by atoms with E-state index in [9.17, 15) is 4.79 Å². The number of carbonyl (C=O) groups is 1. The Balaban J connectivity index is 2.97. The normalized spacial score (nSPS) is 12.6. The minimum absolute atomic E-state index is 0.00649. The number of hydrogen-bond acceptors (Lipinski definition) is 4. The predicted octanol–water partition coefficient (Wildman–Crippen LogP) is 1.89. The molecule has 1 unspecified atom stereocenters. The number of esters is 1. The van der Waals surface area contributed by atoms with Gasteiger partial charge < -0.3 is 9.84 Å². The van der Waals surface area contributed by atoms with Gasteiger partial charge in [0.1, 0.15) is 5.56 Å². The molecule has 104 valence electrons. The van der Waals surface area contributed by atoms with Gasteiger partial charge in [0.15, 0.2) is 0 Å². The first-order valence-corrected chi connectivity index (χ1v) is 6.33. The molecule has 1 rings (SSSR count). The van der Waals surface area contributed by atoms with Crippen LogP contribution in [0.25, 0.3) is 6.20 Å². The van der Waals surface area contributed by atoms with E-state index in [0.717, 1.165) is 5.69 Å². The van der Waals surface area contributed by atoms with Crippen LogP contribution in [0.3, 0.4) is 0 Å². The molecule has 0 aliphatic rings. The van der Waals surface area contributed by atoms with Gasteiger partial charge in [0, 0.05) is 12.1 Å². The lowest BCUT2D eigenvalue weighted by Gasteiger charge is -2.05. The van der Waals surface area contributed by atoms with E-state index in [1.165, 1.54) is 6.20 Å². The van der Waals surface area contributed by atoms with Crippen LogP contribution in [0.2, 0.25) is 0 Å². The summed E-state index contributed by atoms with van der Waals surface area (Å²) in [5.74, 6) is -0.485. The van der Waals surface area contributed by atoms with Crippen molar-refractivity contribution in [3.63, 3.8) is 0 Å². The molecular weight excluding hydrogens is 244 g/mol. The van der Waals surface area contributed by atoms with Crippen LogP contribution in [0.15, 0.2) is 24.9 Å². The lowest BCUT2D eigenvalue weighted by molar-refractivity contribution is 0.0525. The molecule has 5 heteroatoms. The van der Waals surface area contributed by atoms with E-state index in [1.54, 1.807) is 30.0 Å². The Morgan fingerprint density at radius 2 is 2.37 bits per heavy atom. The van der Waals surface area contributed by atoms with Crippen molar-refractivity contribution in [1.29, 1.82) is 0 Å². The summed E-state index contributed by atoms with van der Waals surface area (Å²) >= 11 is 0. The largest absolute Gasteiger partial charge is 0.462 e. The number of rotatable bonds is 7. The molecule has 0 amide bonds. The van der Waals surface area contributed by atoms with E-state index in [-0.39, 0.29) is 18.5 Å². The minimum atomic E-state index is -0.360. The summed E-state index contributed by atoms with van der Waals surface area (Å²) in [5, 5.41) is 13.2. The predicted molar refractivity (Wildman–Crippen MR) is 73.7 cm³/mol. The van der Waals surface area contributed by atoms with Gasteiger partial charge >= 0.3 is 5.97 Å². The fraction of sp³-hybridized carbons (Fsp3) is 0.429. The van der Waals surface area contributed by atoms with Crippen LogP contribution < -0.4 is 0 Å². The zero-order valence-electron chi connectivity index (χ0n) is 11.4. The third-order valence-corrected chi connectivity index (χ3v) is 2.72. The molecule has 0 spiro atoms. The Morgan fingerprint density at radius 1 is 1.63 bits per heavy atom. The molecule has 0 saturated heterocycles. The van der Waals surface area contributed by atoms with E-state index in [0.29, 0.717) is 18.6 Å². The Morgan fingerprint density at radius 3 is 2.89 bits per heavy atom. The van der Waals surface area contributed by atoms with Gasteiger partial charge in [-0.2, -0.15) is 5.10 Å². The highest BCUT2D eigenvalue weighted by Gasteiger charge is 2.16. The monoisotopic (exact) mass is 264 g/mol. The van der Waals surface area contributed by atoms with Crippen molar-refractivity contribution in [2.75, 3.05) is 13.2 Å². The zero-order chi connectivity index (χ0) is 14.3. The number of aliphatic hydroxyl groups excluding tert-OH is 1. The molecule has 0 bridgehead atoms. The molecular formula is C14H20N2O3. The molecule has 1 aromatic heterocycles. The van der Waals surface area contributed by atoms with Crippen LogP contribution in [0.1, 0.15) is 29.9 Å². The quantitative estimate of drug-likeness (QED) is 0.603. The molecule has 0 aliphatic heterocycles. The molecule has 0 saturated carbocycles. The maximum Gasteiger partial charge on any atom is 0.341 e. The van der Waals surface area contributed by atoms with Gasteiger partial charge in [0.2, 0.25) is 0 Å². The van der Waals surface area contributed by atoms with Crippen molar-refractivity contribution in [2.45, 2.75) is 20.3 Å². The van der Waals surface area contributed by atoms with Crippen LogP contribution in [0.5, 0.6) is 0 Å². The summed E-state index contributed by atoms with van der Waals surface area (Å²) in [6.45, 7) is 7.68. The Bertz CT molecular complexity index is 463. The Labute approximate surface area is 113 Å². The van der Waals surface area contributed by atoms with E-state index >= 15 is 0 Å². The maximum absolute atomic E-state index is 11.7. The minimum Gasteiger partial charge on any atom is -0.462 e. The maximum atomic E-state index is 11.7. The summed E-state index contributed by atoms with van der Waals surface area (Å²) in [4.78, 5) is 11.7. The fourth-order valence-electron chi connectivity index (χ4n) is 1.65. The van der Waals surface area contributed by atoms with Crippen molar-refractivity contribution in [3.05, 3.63) is 36.2 Å².